The maximum absolute atomic E-state index is 13.0. The van der Waals surface area contributed by atoms with Crippen molar-refractivity contribution in [3.63, 3.8) is 0 Å². The number of rotatable bonds is 7. The van der Waals surface area contributed by atoms with Gasteiger partial charge in [0.15, 0.2) is 0 Å². The first-order valence-corrected chi connectivity index (χ1v) is 12.3. The predicted molar refractivity (Wildman–Crippen MR) is 132 cm³/mol. The lowest BCUT2D eigenvalue weighted by molar-refractivity contribution is -0.142. The van der Waals surface area contributed by atoms with Gasteiger partial charge in [0.1, 0.15) is 0 Å². The molecule has 0 spiro atoms. The number of para-hydroxylation sites is 1. The minimum absolute atomic E-state index is 0.00824. The smallest absolute Gasteiger partial charge is 0.238 e. The lowest BCUT2D eigenvalue weighted by Crippen LogP contribution is -2.53. The fourth-order valence-electron chi connectivity index (χ4n) is 4.74. The number of aryl methyl sites for hydroxylation is 1. The van der Waals surface area contributed by atoms with Gasteiger partial charge in [-0.2, -0.15) is 0 Å². The number of carbonyl (C=O) groups is 3. The number of hydrogen-bond donors (Lipinski definition) is 1. The van der Waals surface area contributed by atoms with E-state index < -0.39 is 0 Å². The highest BCUT2D eigenvalue weighted by molar-refractivity contribution is 5.92. The Morgan fingerprint density at radius 1 is 0.765 bits per heavy atom. The summed E-state index contributed by atoms with van der Waals surface area (Å²) in [6.45, 7) is 4.34. The Bertz CT molecular complexity index is 950. The van der Waals surface area contributed by atoms with Crippen LogP contribution < -0.4 is 5.32 Å². The third-order valence-electron chi connectivity index (χ3n) is 6.78. The number of anilines is 1. The van der Waals surface area contributed by atoms with Gasteiger partial charge in [0.05, 0.1) is 6.54 Å². The molecule has 180 valence electrons. The molecule has 7 heteroatoms. The van der Waals surface area contributed by atoms with Crippen LogP contribution in [-0.4, -0.2) is 78.2 Å². The molecule has 2 aliphatic heterocycles. The van der Waals surface area contributed by atoms with E-state index in [1.807, 2.05) is 70.5 Å². The van der Waals surface area contributed by atoms with Crippen LogP contribution in [0.5, 0.6) is 0 Å². The van der Waals surface area contributed by atoms with Crippen molar-refractivity contribution < 1.29 is 14.4 Å². The summed E-state index contributed by atoms with van der Waals surface area (Å²) in [6.07, 6.45) is 2.74. The fraction of sp³-hybridized carbons (Fsp3) is 0.444. The lowest BCUT2D eigenvalue weighted by Gasteiger charge is -2.38. The second-order valence-electron chi connectivity index (χ2n) is 9.16. The fourth-order valence-corrected chi connectivity index (χ4v) is 4.74. The van der Waals surface area contributed by atoms with Gasteiger partial charge in [0.2, 0.25) is 17.7 Å². The molecule has 2 aliphatic rings. The second-order valence-corrected chi connectivity index (χ2v) is 9.16. The van der Waals surface area contributed by atoms with Crippen molar-refractivity contribution in [1.29, 1.82) is 0 Å². The number of likely N-dealkylation sites (tertiary alicyclic amines) is 1. The molecule has 0 saturated carbocycles. The van der Waals surface area contributed by atoms with E-state index in [4.69, 9.17) is 0 Å². The SMILES string of the molecule is O=C(CN1CCN(C(=O)C2CCN(C(=O)CCc3ccccc3)CC2)CC1)Nc1ccccc1. The quantitative estimate of drug-likeness (QED) is 0.687. The van der Waals surface area contributed by atoms with Crippen molar-refractivity contribution in [2.24, 2.45) is 5.92 Å². The number of piperazine rings is 1. The minimum Gasteiger partial charge on any atom is -0.343 e. The van der Waals surface area contributed by atoms with Crippen LogP contribution in [-0.2, 0) is 20.8 Å². The van der Waals surface area contributed by atoms with Crippen molar-refractivity contribution >= 4 is 23.4 Å². The van der Waals surface area contributed by atoms with Crippen LogP contribution in [0.4, 0.5) is 5.69 Å². The highest BCUT2D eigenvalue weighted by Gasteiger charge is 2.31. The molecule has 0 aromatic heterocycles. The summed E-state index contributed by atoms with van der Waals surface area (Å²) in [5.41, 5.74) is 1.98. The van der Waals surface area contributed by atoms with Crippen LogP contribution in [0.15, 0.2) is 60.7 Å². The van der Waals surface area contributed by atoms with E-state index in [0.717, 1.165) is 24.9 Å². The van der Waals surface area contributed by atoms with Crippen molar-refractivity contribution in [3.8, 4) is 0 Å². The number of nitrogens with zero attached hydrogens (tertiary/aromatic N) is 3. The van der Waals surface area contributed by atoms with E-state index in [2.05, 4.69) is 10.2 Å². The van der Waals surface area contributed by atoms with Crippen LogP contribution in [0.25, 0.3) is 0 Å². The van der Waals surface area contributed by atoms with Gasteiger partial charge < -0.3 is 15.1 Å². The molecule has 0 unspecified atom stereocenters. The molecule has 0 radical (unpaired) electrons. The van der Waals surface area contributed by atoms with E-state index in [1.165, 1.54) is 5.56 Å². The van der Waals surface area contributed by atoms with Crippen LogP contribution in [0, 0.1) is 5.92 Å². The lowest BCUT2D eigenvalue weighted by atomic mass is 9.94. The summed E-state index contributed by atoms with van der Waals surface area (Å²) in [7, 11) is 0. The minimum atomic E-state index is -0.0321. The zero-order valence-electron chi connectivity index (χ0n) is 19.7. The Morgan fingerprint density at radius 2 is 1.38 bits per heavy atom. The van der Waals surface area contributed by atoms with Gasteiger partial charge in [-0.1, -0.05) is 48.5 Å². The second kappa shape index (κ2) is 11.8. The number of carbonyl (C=O) groups excluding carboxylic acids is 3. The van der Waals surface area contributed by atoms with Gasteiger partial charge in [0, 0.05) is 57.3 Å². The van der Waals surface area contributed by atoms with Crippen molar-refractivity contribution in [2.75, 3.05) is 51.1 Å². The molecule has 0 atom stereocenters. The summed E-state index contributed by atoms with van der Waals surface area (Å²) in [5, 5.41) is 2.91. The average molecular weight is 463 g/mol. The van der Waals surface area contributed by atoms with Crippen molar-refractivity contribution in [2.45, 2.75) is 25.7 Å². The van der Waals surface area contributed by atoms with Gasteiger partial charge in [0.25, 0.3) is 0 Å². The summed E-state index contributed by atoms with van der Waals surface area (Å²) in [5.74, 6) is 0.336. The normalized spacial score (nSPS) is 17.4. The van der Waals surface area contributed by atoms with Crippen LogP contribution >= 0.6 is 0 Å². The third kappa shape index (κ3) is 6.67. The predicted octanol–water partition coefficient (Wildman–Crippen LogP) is 2.64. The van der Waals surface area contributed by atoms with Crippen molar-refractivity contribution in [1.82, 2.24) is 14.7 Å². The Kier molecular flexibility index (Phi) is 8.31. The first kappa shape index (κ1) is 24.0. The van der Waals surface area contributed by atoms with Crippen LogP contribution in [0.3, 0.4) is 0 Å². The summed E-state index contributed by atoms with van der Waals surface area (Å²) < 4.78 is 0. The molecule has 2 fully saturated rings. The number of nitrogens with one attached hydrogen (secondary N) is 1. The Morgan fingerprint density at radius 3 is 2.03 bits per heavy atom. The molecule has 2 aromatic carbocycles. The molecule has 3 amide bonds. The first-order chi connectivity index (χ1) is 16.6. The van der Waals surface area contributed by atoms with Crippen LogP contribution in [0.2, 0.25) is 0 Å². The Labute approximate surface area is 201 Å². The number of piperidine rings is 1. The molecule has 1 N–H and O–H groups in total. The molecule has 2 heterocycles. The monoisotopic (exact) mass is 462 g/mol. The standard InChI is InChI=1S/C27H34N4O3/c32-25(28-24-9-5-2-6-10-24)21-29-17-19-31(20-18-29)27(34)23-13-15-30(16-14-23)26(33)12-11-22-7-3-1-4-8-22/h1-10,23H,11-21H2,(H,28,32). The van der Waals surface area contributed by atoms with E-state index in [0.29, 0.717) is 52.2 Å². The molecule has 0 aliphatic carbocycles. The molecule has 4 rings (SSSR count). The molecular formula is C27H34N4O3. The molecule has 34 heavy (non-hydrogen) atoms. The topological polar surface area (TPSA) is 73.0 Å². The molecule has 2 saturated heterocycles. The van der Waals surface area contributed by atoms with E-state index >= 15 is 0 Å². The molecule has 2 aromatic rings. The summed E-state index contributed by atoms with van der Waals surface area (Å²) in [6, 6.07) is 19.5. The number of benzene rings is 2. The van der Waals surface area contributed by atoms with E-state index in [1.54, 1.807) is 0 Å². The highest BCUT2D eigenvalue weighted by atomic mass is 16.2. The first-order valence-electron chi connectivity index (χ1n) is 12.3. The summed E-state index contributed by atoms with van der Waals surface area (Å²) in [4.78, 5) is 43.8. The average Bonchev–Trinajstić information content (AvgIpc) is 2.88. The van der Waals surface area contributed by atoms with Crippen LogP contribution in [0.1, 0.15) is 24.8 Å². The Hall–Kier alpha value is -3.19. The van der Waals surface area contributed by atoms with Crippen molar-refractivity contribution in [3.05, 3.63) is 66.2 Å². The van der Waals surface area contributed by atoms with Gasteiger partial charge in [-0.05, 0) is 37.0 Å². The molecule has 0 bridgehead atoms. The third-order valence-corrected chi connectivity index (χ3v) is 6.78. The van der Waals surface area contributed by atoms with Gasteiger partial charge in [-0.25, -0.2) is 0 Å². The van der Waals surface area contributed by atoms with E-state index in [-0.39, 0.29) is 23.6 Å². The highest BCUT2D eigenvalue weighted by Crippen LogP contribution is 2.21. The summed E-state index contributed by atoms with van der Waals surface area (Å²) >= 11 is 0. The zero-order valence-corrected chi connectivity index (χ0v) is 19.7. The zero-order chi connectivity index (χ0) is 23.8. The van der Waals surface area contributed by atoms with Gasteiger partial charge in [-0.15, -0.1) is 0 Å². The Balaban J connectivity index is 1.15. The largest absolute Gasteiger partial charge is 0.343 e. The van der Waals surface area contributed by atoms with Gasteiger partial charge in [-0.3, -0.25) is 19.3 Å². The maximum Gasteiger partial charge on any atom is 0.238 e. The maximum atomic E-state index is 13.0. The molecule has 7 nitrogen and oxygen atoms in total. The molecular weight excluding hydrogens is 428 g/mol. The number of hydrogen-bond acceptors (Lipinski definition) is 4. The number of amides is 3. The van der Waals surface area contributed by atoms with E-state index in [9.17, 15) is 14.4 Å². The van der Waals surface area contributed by atoms with Gasteiger partial charge >= 0.3 is 0 Å².